The van der Waals surface area contributed by atoms with Gasteiger partial charge in [0.25, 0.3) is 5.91 Å². The Labute approximate surface area is 159 Å². The molecule has 5 nitrogen and oxygen atoms in total. The molecule has 0 saturated heterocycles. The lowest BCUT2D eigenvalue weighted by Gasteiger charge is -2.21. The first-order chi connectivity index (χ1) is 13.2. The van der Waals surface area contributed by atoms with Gasteiger partial charge in [0, 0.05) is 0 Å². The average molecular weight is 367 g/mol. The van der Waals surface area contributed by atoms with Gasteiger partial charge in [-0.05, 0) is 73.6 Å². The number of carbonyl (C=O) groups excluding carboxylic acids is 1. The summed E-state index contributed by atoms with van der Waals surface area (Å²) in [6, 6.07) is 11.8. The Morgan fingerprint density at radius 3 is 2.67 bits per heavy atom. The number of benzene rings is 2. The number of carbonyl (C=O) groups is 1. The summed E-state index contributed by atoms with van der Waals surface area (Å²) in [5.41, 5.74) is 3.73. The Balaban J connectivity index is 1.32. The number of hydrogen-bond acceptors (Lipinski definition) is 4. The van der Waals surface area contributed by atoms with E-state index in [0.717, 1.165) is 35.7 Å². The molecule has 142 valence electrons. The zero-order valence-electron chi connectivity index (χ0n) is 15.6. The summed E-state index contributed by atoms with van der Waals surface area (Å²) >= 11 is 0. The average Bonchev–Trinajstić information content (AvgIpc) is 2.71. The zero-order valence-corrected chi connectivity index (χ0v) is 15.6. The number of fused-ring (bicyclic) bond motifs is 2. The number of amides is 1. The monoisotopic (exact) mass is 367 g/mol. The van der Waals surface area contributed by atoms with Crippen LogP contribution >= 0.6 is 0 Å². The van der Waals surface area contributed by atoms with Gasteiger partial charge in [-0.3, -0.25) is 4.79 Å². The van der Waals surface area contributed by atoms with E-state index < -0.39 is 0 Å². The van der Waals surface area contributed by atoms with E-state index in [4.69, 9.17) is 14.2 Å². The van der Waals surface area contributed by atoms with Gasteiger partial charge < -0.3 is 19.5 Å². The zero-order chi connectivity index (χ0) is 18.6. The van der Waals surface area contributed by atoms with Gasteiger partial charge in [0.2, 0.25) is 0 Å². The van der Waals surface area contributed by atoms with Crippen molar-refractivity contribution in [2.75, 3.05) is 19.8 Å². The van der Waals surface area contributed by atoms with Crippen molar-refractivity contribution in [1.82, 2.24) is 5.32 Å². The van der Waals surface area contributed by atoms with Crippen LogP contribution < -0.4 is 19.5 Å². The maximum Gasteiger partial charge on any atom is 0.258 e. The smallest absolute Gasteiger partial charge is 0.258 e. The fourth-order valence-corrected chi connectivity index (χ4v) is 3.64. The molecule has 0 aromatic heterocycles. The fourth-order valence-electron chi connectivity index (χ4n) is 3.64. The van der Waals surface area contributed by atoms with Crippen LogP contribution in [0.4, 0.5) is 0 Å². The van der Waals surface area contributed by atoms with Gasteiger partial charge in [-0.25, -0.2) is 0 Å². The molecule has 27 heavy (non-hydrogen) atoms. The molecule has 0 fully saturated rings. The molecule has 0 spiro atoms. The number of ether oxygens (including phenoxy) is 3. The van der Waals surface area contributed by atoms with Crippen LogP contribution in [0.3, 0.4) is 0 Å². The van der Waals surface area contributed by atoms with Crippen LogP contribution in [0, 0.1) is 0 Å². The second-order valence-corrected chi connectivity index (χ2v) is 7.12. The lowest BCUT2D eigenvalue weighted by Crippen LogP contribution is -2.31. The van der Waals surface area contributed by atoms with Gasteiger partial charge in [0.1, 0.15) is 19.0 Å². The third-order valence-electron chi connectivity index (χ3n) is 5.13. The van der Waals surface area contributed by atoms with Crippen molar-refractivity contribution in [3.8, 4) is 17.2 Å². The van der Waals surface area contributed by atoms with Crippen LogP contribution in [0.25, 0.3) is 0 Å². The Morgan fingerprint density at radius 1 is 1.04 bits per heavy atom. The SMILES string of the molecule is C[C@@H](NC(=O)COc1ccc2c(c1)CCCC2)c1ccc2c(c1)OCCO2. The van der Waals surface area contributed by atoms with Gasteiger partial charge in [-0.1, -0.05) is 12.1 Å². The molecule has 5 heteroatoms. The van der Waals surface area contributed by atoms with Crippen molar-refractivity contribution in [1.29, 1.82) is 0 Å². The minimum absolute atomic E-state index is 0.00762. The third-order valence-corrected chi connectivity index (χ3v) is 5.13. The highest BCUT2D eigenvalue weighted by atomic mass is 16.6. The predicted octanol–water partition coefficient (Wildman–Crippen LogP) is 3.59. The van der Waals surface area contributed by atoms with Crippen LogP contribution in [0.1, 0.15) is 42.5 Å². The first-order valence-corrected chi connectivity index (χ1v) is 9.62. The van der Waals surface area contributed by atoms with E-state index in [2.05, 4.69) is 17.4 Å². The quantitative estimate of drug-likeness (QED) is 0.877. The number of hydrogen-bond donors (Lipinski definition) is 1. The summed E-state index contributed by atoms with van der Waals surface area (Å²) < 4.78 is 16.8. The third kappa shape index (κ3) is 4.18. The molecule has 0 saturated carbocycles. The molecular weight excluding hydrogens is 342 g/mol. The first kappa shape index (κ1) is 17.7. The lowest BCUT2D eigenvalue weighted by molar-refractivity contribution is -0.123. The molecule has 1 heterocycles. The van der Waals surface area contributed by atoms with Crippen molar-refractivity contribution in [2.24, 2.45) is 0 Å². The van der Waals surface area contributed by atoms with Gasteiger partial charge in [-0.2, -0.15) is 0 Å². The van der Waals surface area contributed by atoms with Crippen molar-refractivity contribution < 1.29 is 19.0 Å². The highest BCUT2D eigenvalue weighted by Gasteiger charge is 2.16. The van der Waals surface area contributed by atoms with E-state index in [1.165, 1.54) is 24.0 Å². The van der Waals surface area contributed by atoms with Crippen LogP contribution in [0.2, 0.25) is 0 Å². The summed E-state index contributed by atoms with van der Waals surface area (Å²) in [5, 5.41) is 2.98. The molecule has 0 bridgehead atoms. The second-order valence-electron chi connectivity index (χ2n) is 7.12. The Bertz CT molecular complexity index is 833. The van der Waals surface area contributed by atoms with Crippen molar-refractivity contribution in [2.45, 2.75) is 38.6 Å². The van der Waals surface area contributed by atoms with Gasteiger partial charge >= 0.3 is 0 Å². The molecular formula is C22H25NO4. The Hall–Kier alpha value is -2.69. The molecule has 2 aromatic rings. The predicted molar refractivity (Wildman–Crippen MR) is 103 cm³/mol. The van der Waals surface area contributed by atoms with E-state index in [1.807, 2.05) is 31.2 Å². The van der Waals surface area contributed by atoms with E-state index >= 15 is 0 Å². The number of aryl methyl sites for hydroxylation is 2. The Morgan fingerprint density at radius 2 is 1.81 bits per heavy atom. The second kappa shape index (κ2) is 7.91. The summed E-state index contributed by atoms with van der Waals surface area (Å²) in [6.45, 7) is 3.07. The minimum atomic E-state index is -0.143. The normalized spacial score (nSPS) is 16.2. The lowest BCUT2D eigenvalue weighted by atomic mass is 9.92. The van der Waals surface area contributed by atoms with Gasteiger partial charge in [0.15, 0.2) is 18.1 Å². The van der Waals surface area contributed by atoms with Crippen molar-refractivity contribution in [3.05, 3.63) is 53.1 Å². The Kier molecular flexibility index (Phi) is 5.19. The van der Waals surface area contributed by atoms with Gasteiger partial charge in [0.05, 0.1) is 6.04 Å². The first-order valence-electron chi connectivity index (χ1n) is 9.62. The molecule has 1 aliphatic carbocycles. The summed E-state index contributed by atoms with van der Waals surface area (Å²) in [5.74, 6) is 2.09. The minimum Gasteiger partial charge on any atom is -0.486 e. The molecule has 1 aliphatic heterocycles. The molecule has 2 aliphatic rings. The van der Waals surface area contributed by atoms with Gasteiger partial charge in [-0.15, -0.1) is 0 Å². The molecule has 0 unspecified atom stereocenters. The molecule has 0 radical (unpaired) electrons. The van der Waals surface area contributed by atoms with Crippen molar-refractivity contribution >= 4 is 5.91 Å². The summed E-state index contributed by atoms with van der Waals surface area (Å²) in [4.78, 5) is 12.3. The topological polar surface area (TPSA) is 56.8 Å². The maximum absolute atomic E-state index is 12.3. The summed E-state index contributed by atoms with van der Waals surface area (Å²) in [7, 11) is 0. The van der Waals surface area contributed by atoms with Crippen LogP contribution in [-0.4, -0.2) is 25.7 Å². The van der Waals surface area contributed by atoms with E-state index in [0.29, 0.717) is 13.2 Å². The maximum atomic E-state index is 12.3. The highest BCUT2D eigenvalue weighted by Crippen LogP contribution is 2.32. The van der Waals surface area contributed by atoms with E-state index in [-0.39, 0.29) is 18.6 Å². The number of rotatable bonds is 5. The van der Waals surface area contributed by atoms with Crippen LogP contribution in [0.15, 0.2) is 36.4 Å². The molecule has 1 amide bonds. The van der Waals surface area contributed by atoms with Crippen LogP contribution in [0.5, 0.6) is 17.2 Å². The standard InChI is InChI=1S/C22H25NO4/c1-15(17-7-9-20-21(13-17)26-11-10-25-20)23-22(24)14-27-19-8-6-16-4-2-3-5-18(16)12-19/h6-9,12-13,15H,2-5,10-11,14H2,1H3,(H,23,24)/t15-/m1/s1. The largest absolute Gasteiger partial charge is 0.486 e. The van der Waals surface area contributed by atoms with E-state index in [1.54, 1.807) is 0 Å². The van der Waals surface area contributed by atoms with Crippen molar-refractivity contribution in [3.63, 3.8) is 0 Å². The highest BCUT2D eigenvalue weighted by molar-refractivity contribution is 5.78. The molecule has 2 aromatic carbocycles. The summed E-state index contributed by atoms with van der Waals surface area (Å²) in [6.07, 6.45) is 4.72. The molecule has 1 atom stereocenters. The molecule has 4 rings (SSSR count). The molecule has 1 N–H and O–H groups in total. The van der Waals surface area contributed by atoms with E-state index in [9.17, 15) is 4.79 Å². The van der Waals surface area contributed by atoms with Crippen LogP contribution in [-0.2, 0) is 17.6 Å². The number of nitrogens with one attached hydrogen (secondary N) is 1. The fraction of sp³-hybridized carbons (Fsp3) is 0.409.